The standard InChI is InChI=1S/C12H14FIN2O2/c1-12(2,7-3-4-7)15-10-5-8(13)9(14)6-11(10)16(17)18/h5-7,15H,3-4H2,1-2H3. The molecule has 0 amide bonds. The van der Waals surface area contributed by atoms with Crippen LogP contribution < -0.4 is 5.32 Å². The van der Waals surface area contributed by atoms with Crippen molar-refractivity contribution in [1.82, 2.24) is 0 Å². The molecule has 1 aliphatic carbocycles. The van der Waals surface area contributed by atoms with Crippen LogP contribution >= 0.6 is 22.6 Å². The van der Waals surface area contributed by atoms with Gasteiger partial charge in [-0.25, -0.2) is 4.39 Å². The summed E-state index contributed by atoms with van der Waals surface area (Å²) >= 11 is 1.76. The molecule has 0 atom stereocenters. The molecule has 6 heteroatoms. The van der Waals surface area contributed by atoms with Crippen LogP contribution in [0, 0.1) is 25.4 Å². The first-order chi connectivity index (χ1) is 8.31. The summed E-state index contributed by atoms with van der Waals surface area (Å²) in [6, 6.07) is 2.48. The van der Waals surface area contributed by atoms with Gasteiger partial charge in [0.1, 0.15) is 11.5 Å². The normalized spacial score (nSPS) is 15.6. The van der Waals surface area contributed by atoms with E-state index in [2.05, 4.69) is 5.32 Å². The fourth-order valence-electron chi connectivity index (χ4n) is 2.04. The Hall–Kier alpha value is -0.920. The van der Waals surface area contributed by atoms with Gasteiger partial charge >= 0.3 is 0 Å². The summed E-state index contributed by atoms with van der Waals surface area (Å²) in [4.78, 5) is 10.5. The smallest absolute Gasteiger partial charge is 0.293 e. The molecule has 2 rings (SSSR count). The maximum Gasteiger partial charge on any atom is 0.293 e. The highest BCUT2D eigenvalue weighted by Gasteiger charge is 2.38. The van der Waals surface area contributed by atoms with E-state index in [1.165, 1.54) is 12.1 Å². The highest BCUT2D eigenvalue weighted by molar-refractivity contribution is 14.1. The van der Waals surface area contributed by atoms with Crippen molar-refractivity contribution >= 4 is 34.0 Å². The second-order valence-corrected chi connectivity index (χ2v) is 6.32. The van der Waals surface area contributed by atoms with Crippen LogP contribution in [0.3, 0.4) is 0 Å². The lowest BCUT2D eigenvalue weighted by molar-refractivity contribution is -0.384. The van der Waals surface area contributed by atoms with Gasteiger partial charge in [-0.05, 0) is 55.2 Å². The maximum atomic E-state index is 13.5. The van der Waals surface area contributed by atoms with Crippen LogP contribution in [0.15, 0.2) is 12.1 Å². The van der Waals surface area contributed by atoms with Crippen molar-refractivity contribution in [1.29, 1.82) is 0 Å². The minimum atomic E-state index is -0.479. The number of halogens is 2. The molecule has 0 bridgehead atoms. The van der Waals surface area contributed by atoms with Crippen LogP contribution in [-0.2, 0) is 0 Å². The lowest BCUT2D eigenvalue weighted by Crippen LogP contribution is -2.33. The minimum absolute atomic E-state index is 0.0745. The van der Waals surface area contributed by atoms with Crippen molar-refractivity contribution < 1.29 is 9.31 Å². The van der Waals surface area contributed by atoms with Gasteiger partial charge in [-0.15, -0.1) is 0 Å². The van der Waals surface area contributed by atoms with E-state index >= 15 is 0 Å². The Morgan fingerprint density at radius 2 is 2.11 bits per heavy atom. The van der Waals surface area contributed by atoms with Gasteiger partial charge in [0.15, 0.2) is 0 Å². The average molecular weight is 364 g/mol. The third-order valence-corrected chi connectivity index (χ3v) is 4.12. The van der Waals surface area contributed by atoms with E-state index in [0.717, 1.165) is 12.8 Å². The van der Waals surface area contributed by atoms with Crippen LogP contribution in [0.5, 0.6) is 0 Å². The Labute approximate surface area is 118 Å². The summed E-state index contributed by atoms with van der Waals surface area (Å²) in [6.07, 6.45) is 2.22. The van der Waals surface area contributed by atoms with Gasteiger partial charge in [-0.2, -0.15) is 0 Å². The van der Waals surface area contributed by atoms with Gasteiger partial charge in [-0.1, -0.05) is 0 Å². The van der Waals surface area contributed by atoms with Gasteiger partial charge in [-0.3, -0.25) is 10.1 Å². The van der Waals surface area contributed by atoms with Gasteiger partial charge in [0.05, 0.1) is 8.49 Å². The Morgan fingerprint density at radius 3 is 2.61 bits per heavy atom. The Kier molecular flexibility index (Phi) is 3.48. The van der Waals surface area contributed by atoms with Crippen LogP contribution in [-0.4, -0.2) is 10.5 Å². The Balaban J connectivity index is 2.36. The summed E-state index contributed by atoms with van der Waals surface area (Å²) in [5.74, 6) is 0.0646. The molecule has 0 saturated heterocycles. The number of nitro groups is 1. The minimum Gasteiger partial charge on any atom is -0.374 e. The van der Waals surface area contributed by atoms with Crippen LogP contribution in [0.25, 0.3) is 0 Å². The topological polar surface area (TPSA) is 55.2 Å². The predicted molar refractivity (Wildman–Crippen MR) is 76.2 cm³/mol. The molecule has 1 N–H and O–H groups in total. The van der Waals surface area contributed by atoms with E-state index in [1.807, 2.05) is 13.8 Å². The summed E-state index contributed by atoms with van der Waals surface area (Å²) in [6.45, 7) is 3.98. The third kappa shape index (κ3) is 2.73. The fraction of sp³-hybridized carbons (Fsp3) is 0.500. The second kappa shape index (κ2) is 4.64. The van der Waals surface area contributed by atoms with E-state index in [1.54, 1.807) is 22.6 Å². The van der Waals surface area contributed by atoms with E-state index in [-0.39, 0.29) is 20.5 Å². The van der Waals surface area contributed by atoms with Gasteiger partial charge in [0.25, 0.3) is 5.69 Å². The molecule has 0 aliphatic heterocycles. The molecule has 98 valence electrons. The molecule has 1 fully saturated rings. The monoisotopic (exact) mass is 364 g/mol. The summed E-state index contributed by atoms with van der Waals surface area (Å²) in [5, 5.41) is 14.1. The highest BCUT2D eigenvalue weighted by atomic mass is 127. The van der Waals surface area contributed by atoms with E-state index in [0.29, 0.717) is 5.92 Å². The second-order valence-electron chi connectivity index (χ2n) is 5.16. The Morgan fingerprint density at radius 1 is 1.50 bits per heavy atom. The quantitative estimate of drug-likeness (QED) is 0.500. The zero-order valence-electron chi connectivity index (χ0n) is 10.2. The predicted octanol–water partition coefficient (Wildman–Crippen LogP) is 3.94. The summed E-state index contributed by atoms with van der Waals surface area (Å²) in [5.41, 5.74) is -0.0615. The number of anilines is 1. The molecular weight excluding hydrogens is 350 g/mol. The van der Waals surface area contributed by atoms with E-state index < -0.39 is 10.7 Å². The highest BCUT2D eigenvalue weighted by Crippen LogP contribution is 2.42. The molecule has 1 aromatic rings. The number of nitrogens with zero attached hydrogens (tertiary/aromatic N) is 1. The number of benzene rings is 1. The lowest BCUT2D eigenvalue weighted by Gasteiger charge is -2.27. The van der Waals surface area contributed by atoms with Crippen molar-refractivity contribution in [3.8, 4) is 0 Å². The average Bonchev–Trinajstić information content (AvgIpc) is 3.05. The zero-order chi connectivity index (χ0) is 13.5. The van der Waals surface area contributed by atoms with Crippen LogP contribution in [0.1, 0.15) is 26.7 Å². The fourth-order valence-corrected chi connectivity index (χ4v) is 2.49. The molecule has 1 aliphatic rings. The molecule has 0 aromatic heterocycles. The molecular formula is C12H14FIN2O2. The van der Waals surface area contributed by atoms with Crippen LogP contribution in [0.4, 0.5) is 15.8 Å². The first-order valence-corrected chi connectivity index (χ1v) is 6.81. The van der Waals surface area contributed by atoms with E-state index in [9.17, 15) is 14.5 Å². The number of rotatable bonds is 4. The molecule has 0 heterocycles. The van der Waals surface area contributed by atoms with Crippen molar-refractivity contribution in [2.24, 2.45) is 5.92 Å². The Bertz CT molecular complexity index is 501. The maximum absolute atomic E-state index is 13.5. The molecule has 0 unspecified atom stereocenters. The summed E-state index contributed by atoms with van der Waals surface area (Å²) < 4.78 is 13.8. The van der Waals surface area contributed by atoms with Crippen LogP contribution in [0.2, 0.25) is 0 Å². The SMILES string of the molecule is CC(C)(Nc1cc(F)c(I)cc1[N+](=O)[O-])C1CC1. The molecule has 1 saturated carbocycles. The van der Waals surface area contributed by atoms with Crippen molar-refractivity contribution in [3.05, 3.63) is 31.6 Å². The first kappa shape index (κ1) is 13.5. The van der Waals surface area contributed by atoms with E-state index in [4.69, 9.17) is 0 Å². The number of nitrogens with one attached hydrogen (secondary N) is 1. The van der Waals surface area contributed by atoms with Crippen molar-refractivity contribution in [3.63, 3.8) is 0 Å². The van der Waals surface area contributed by atoms with Gasteiger partial charge in [0.2, 0.25) is 0 Å². The molecule has 0 spiro atoms. The number of hydrogen-bond donors (Lipinski definition) is 1. The molecule has 0 radical (unpaired) electrons. The summed E-state index contributed by atoms with van der Waals surface area (Å²) in [7, 11) is 0. The molecule has 18 heavy (non-hydrogen) atoms. The number of hydrogen-bond acceptors (Lipinski definition) is 3. The first-order valence-electron chi connectivity index (χ1n) is 5.73. The third-order valence-electron chi connectivity index (χ3n) is 3.29. The van der Waals surface area contributed by atoms with Gasteiger partial charge < -0.3 is 5.32 Å². The zero-order valence-corrected chi connectivity index (χ0v) is 12.3. The largest absolute Gasteiger partial charge is 0.374 e. The van der Waals surface area contributed by atoms with Crippen molar-refractivity contribution in [2.75, 3.05) is 5.32 Å². The molecule has 1 aromatic carbocycles. The van der Waals surface area contributed by atoms with Crippen molar-refractivity contribution in [2.45, 2.75) is 32.2 Å². The number of nitro benzene ring substituents is 1. The van der Waals surface area contributed by atoms with Gasteiger partial charge in [0, 0.05) is 17.7 Å². The lowest BCUT2D eigenvalue weighted by atomic mass is 9.98. The molecule has 4 nitrogen and oxygen atoms in total.